The van der Waals surface area contributed by atoms with Gasteiger partial charge >= 0.3 is 0 Å². The van der Waals surface area contributed by atoms with Gasteiger partial charge in [-0.3, -0.25) is 0 Å². The Morgan fingerprint density at radius 3 is 2.80 bits per heavy atom. The highest BCUT2D eigenvalue weighted by atomic mass is 79.9. The van der Waals surface area contributed by atoms with E-state index in [1.165, 1.54) is 0 Å². The van der Waals surface area contributed by atoms with E-state index in [4.69, 9.17) is 19.7 Å². The molecule has 3 rings (SSSR count). The molecule has 0 amide bonds. The Bertz CT molecular complexity index is 640. The number of nitrogen functional groups attached to an aromatic ring is 1. The predicted molar refractivity (Wildman–Crippen MR) is 79.0 cm³/mol. The average Bonchev–Trinajstić information content (AvgIpc) is 2.71. The zero-order chi connectivity index (χ0) is 14.1. The second-order valence-electron chi connectivity index (χ2n) is 4.56. The molecule has 20 heavy (non-hydrogen) atoms. The van der Waals surface area contributed by atoms with Gasteiger partial charge < -0.3 is 19.7 Å². The van der Waals surface area contributed by atoms with Crippen LogP contribution in [0.25, 0.3) is 11.3 Å². The fourth-order valence-electron chi connectivity index (χ4n) is 2.35. The van der Waals surface area contributed by atoms with Crippen LogP contribution in [0.3, 0.4) is 0 Å². The van der Waals surface area contributed by atoms with Crippen molar-refractivity contribution in [3.8, 4) is 22.8 Å². The van der Waals surface area contributed by atoms with Crippen molar-refractivity contribution >= 4 is 21.7 Å². The van der Waals surface area contributed by atoms with Gasteiger partial charge in [-0.2, -0.15) is 0 Å². The number of aromatic nitrogens is 1. The maximum atomic E-state index is 5.86. The van der Waals surface area contributed by atoms with Crippen molar-refractivity contribution in [1.82, 2.24) is 5.16 Å². The van der Waals surface area contributed by atoms with E-state index >= 15 is 0 Å². The third-order valence-corrected chi connectivity index (χ3v) is 3.84. The lowest BCUT2D eigenvalue weighted by molar-refractivity contribution is 0.296. The van der Waals surface area contributed by atoms with E-state index in [9.17, 15) is 0 Å². The highest BCUT2D eigenvalue weighted by molar-refractivity contribution is 9.10. The van der Waals surface area contributed by atoms with Gasteiger partial charge in [-0.25, -0.2) is 0 Å². The summed E-state index contributed by atoms with van der Waals surface area (Å²) < 4.78 is 17.8. The van der Waals surface area contributed by atoms with Crippen molar-refractivity contribution in [2.75, 3.05) is 18.9 Å². The molecular weight excluding hydrogens is 324 g/mol. The fraction of sp³-hybridized carbons (Fsp3) is 0.357. The lowest BCUT2D eigenvalue weighted by Gasteiger charge is -2.16. The molecule has 0 radical (unpaired) electrons. The molecule has 6 heteroatoms. The van der Waals surface area contributed by atoms with E-state index in [2.05, 4.69) is 28.0 Å². The van der Waals surface area contributed by atoms with Crippen LogP contribution in [0, 0.1) is 0 Å². The number of rotatable bonds is 2. The van der Waals surface area contributed by atoms with E-state index in [1.54, 1.807) is 6.07 Å². The number of halogens is 1. The van der Waals surface area contributed by atoms with Crippen LogP contribution in [0.5, 0.6) is 11.5 Å². The standard InChI is InChI=1S/C14H15BrN2O3/c1-2-8-13(10-7-12(16)17-20-10)9(15)6-11-14(8)19-5-3-4-18-11/h6-7H,2-5H2,1H3,(H2,16,17). The maximum Gasteiger partial charge on any atom is 0.170 e. The van der Waals surface area contributed by atoms with Gasteiger partial charge in [-0.1, -0.05) is 12.1 Å². The minimum absolute atomic E-state index is 0.362. The summed E-state index contributed by atoms with van der Waals surface area (Å²) in [5.74, 6) is 2.54. The van der Waals surface area contributed by atoms with Crippen molar-refractivity contribution in [3.05, 3.63) is 22.2 Å². The highest BCUT2D eigenvalue weighted by Crippen LogP contribution is 2.44. The molecule has 0 spiro atoms. The average molecular weight is 339 g/mol. The van der Waals surface area contributed by atoms with Crippen LogP contribution in [0.4, 0.5) is 5.82 Å². The Kier molecular flexibility index (Phi) is 3.56. The van der Waals surface area contributed by atoms with Gasteiger partial charge in [-0.05, 0) is 28.4 Å². The number of ether oxygens (including phenoxy) is 2. The molecule has 2 aromatic rings. The summed E-state index contributed by atoms with van der Waals surface area (Å²) in [5, 5.41) is 3.75. The maximum absolute atomic E-state index is 5.86. The first-order valence-electron chi connectivity index (χ1n) is 6.54. The Morgan fingerprint density at radius 2 is 2.10 bits per heavy atom. The van der Waals surface area contributed by atoms with Crippen molar-refractivity contribution in [3.63, 3.8) is 0 Å². The molecule has 0 fully saturated rings. The SMILES string of the molecule is CCc1c2c(cc(Br)c1-c1cc(N)no1)OCCCO2. The molecule has 1 aliphatic heterocycles. The van der Waals surface area contributed by atoms with Gasteiger partial charge in [0.05, 0.1) is 13.2 Å². The quantitative estimate of drug-likeness (QED) is 0.908. The van der Waals surface area contributed by atoms with Crippen LogP contribution in [-0.2, 0) is 6.42 Å². The molecule has 5 nitrogen and oxygen atoms in total. The molecule has 2 heterocycles. The molecule has 2 N–H and O–H groups in total. The smallest absolute Gasteiger partial charge is 0.170 e. The number of hydrogen-bond donors (Lipinski definition) is 1. The summed E-state index contributed by atoms with van der Waals surface area (Å²) in [4.78, 5) is 0. The van der Waals surface area contributed by atoms with Crippen LogP contribution in [0.1, 0.15) is 18.9 Å². The van der Waals surface area contributed by atoms with Crippen molar-refractivity contribution < 1.29 is 14.0 Å². The highest BCUT2D eigenvalue weighted by Gasteiger charge is 2.23. The third-order valence-electron chi connectivity index (χ3n) is 3.22. The summed E-state index contributed by atoms with van der Waals surface area (Å²) in [7, 11) is 0. The summed E-state index contributed by atoms with van der Waals surface area (Å²) in [5.41, 5.74) is 7.60. The topological polar surface area (TPSA) is 70.5 Å². The Balaban J connectivity index is 2.21. The van der Waals surface area contributed by atoms with Gasteiger partial charge in [0.1, 0.15) is 0 Å². The molecule has 0 unspecified atom stereocenters. The predicted octanol–water partition coefficient (Wildman–Crippen LogP) is 3.41. The number of hydrogen-bond acceptors (Lipinski definition) is 5. The molecule has 0 saturated carbocycles. The largest absolute Gasteiger partial charge is 0.490 e. The van der Waals surface area contributed by atoms with Crippen molar-refractivity contribution in [2.24, 2.45) is 0 Å². The van der Waals surface area contributed by atoms with Gasteiger partial charge in [-0.15, -0.1) is 0 Å². The van der Waals surface area contributed by atoms with Crippen LogP contribution in [-0.4, -0.2) is 18.4 Å². The lowest BCUT2D eigenvalue weighted by Crippen LogP contribution is -2.00. The number of fused-ring (bicyclic) bond motifs is 1. The fourth-order valence-corrected chi connectivity index (χ4v) is 2.99. The van der Waals surface area contributed by atoms with E-state index in [0.29, 0.717) is 24.8 Å². The van der Waals surface area contributed by atoms with E-state index in [0.717, 1.165) is 39.9 Å². The van der Waals surface area contributed by atoms with E-state index in [-0.39, 0.29) is 0 Å². The minimum atomic E-state index is 0.362. The number of nitrogens with two attached hydrogens (primary N) is 1. The van der Waals surface area contributed by atoms with Crippen LogP contribution >= 0.6 is 15.9 Å². The Hall–Kier alpha value is -1.69. The van der Waals surface area contributed by atoms with Crippen molar-refractivity contribution in [2.45, 2.75) is 19.8 Å². The molecule has 0 bridgehead atoms. The normalized spacial score (nSPS) is 14.1. The molecular formula is C14H15BrN2O3. The summed E-state index contributed by atoms with van der Waals surface area (Å²) in [6.07, 6.45) is 1.67. The first-order valence-corrected chi connectivity index (χ1v) is 7.33. The summed E-state index contributed by atoms with van der Waals surface area (Å²) in [6, 6.07) is 3.62. The zero-order valence-corrected chi connectivity index (χ0v) is 12.7. The number of anilines is 1. The first kappa shape index (κ1) is 13.3. The molecule has 106 valence electrons. The molecule has 0 saturated heterocycles. The number of nitrogens with zero attached hydrogens (tertiary/aromatic N) is 1. The summed E-state index contributed by atoms with van der Waals surface area (Å²) in [6.45, 7) is 3.39. The lowest BCUT2D eigenvalue weighted by atomic mass is 10.0. The minimum Gasteiger partial charge on any atom is -0.490 e. The Morgan fingerprint density at radius 1 is 1.30 bits per heavy atom. The summed E-state index contributed by atoms with van der Waals surface area (Å²) >= 11 is 3.57. The van der Waals surface area contributed by atoms with E-state index in [1.807, 2.05) is 6.07 Å². The third kappa shape index (κ3) is 2.24. The van der Waals surface area contributed by atoms with Crippen LogP contribution in [0.2, 0.25) is 0 Å². The van der Waals surface area contributed by atoms with Gasteiger partial charge in [0.25, 0.3) is 0 Å². The molecule has 0 aliphatic carbocycles. The monoisotopic (exact) mass is 338 g/mol. The van der Waals surface area contributed by atoms with Gasteiger partial charge in [0, 0.05) is 28.1 Å². The Labute approximate surface area is 125 Å². The first-order chi connectivity index (χ1) is 9.70. The molecule has 1 aliphatic rings. The molecule has 1 aromatic carbocycles. The van der Waals surface area contributed by atoms with Crippen molar-refractivity contribution in [1.29, 1.82) is 0 Å². The van der Waals surface area contributed by atoms with Gasteiger partial charge in [0.15, 0.2) is 23.1 Å². The second kappa shape index (κ2) is 5.36. The zero-order valence-electron chi connectivity index (χ0n) is 11.1. The number of benzene rings is 1. The molecule has 1 aromatic heterocycles. The van der Waals surface area contributed by atoms with Crippen LogP contribution in [0.15, 0.2) is 21.1 Å². The van der Waals surface area contributed by atoms with Gasteiger partial charge in [0.2, 0.25) is 0 Å². The van der Waals surface area contributed by atoms with Crippen LogP contribution < -0.4 is 15.2 Å². The second-order valence-corrected chi connectivity index (χ2v) is 5.41. The molecule has 0 atom stereocenters. The van der Waals surface area contributed by atoms with E-state index < -0.39 is 0 Å².